The van der Waals surface area contributed by atoms with Gasteiger partial charge < -0.3 is 5.11 Å². The number of aromatic nitrogens is 2. The summed E-state index contributed by atoms with van der Waals surface area (Å²) in [7, 11) is -4.02. The first-order valence-electron chi connectivity index (χ1n) is 5.75. The van der Waals surface area contributed by atoms with Crippen LogP contribution in [0.3, 0.4) is 0 Å². The first kappa shape index (κ1) is 14.1. The van der Waals surface area contributed by atoms with E-state index in [9.17, 15) is 13.2 Å². The quantitative estimate of drug-likeness (QED) is 0.859. The highest BCUT2D eigenvalue weighted by atomic mass is 32.2. The Morgan fingerprint density at radius 1 is 1.35 bits per heavy atom. The van der Waals surface area contributed by atoms with Crippen molar-refractivity contribution in [2.75, 3.05) is 4.72 Å². The molecule has 106 valence electrons. The van der Waals surface area contributed by atoms with E-state index in [1.807, 2.05) is 0 Å². The molecule has 8 heteroatoms. The normalized spacial score (nSPS) is 12.8. The van der Waals surface area contributed by atoms with Crippen LogP contribution in [0.1, 0.15) is 6.92 Å². The van der Waals surface area contributed by atoms with Crippen molar-refractivity contribution < 1.29 is 18.3 Å². The fourth-order valence-electron chi connectivity index (χ4n) is 1.55. The van der Waals surface area contributed by atoms with E-state index < -0.39 is 21.2 Å². The molecular weight excluding hydrogens is 282 g/mol. The lowest BCUT2D eigenvalue weighted by molar-refractivity contribution is -0.136. The maximum Gasteiger partial charge on any atom is 0.323 e. The molecule has 1 aromatic carbocycles. The molecule has 1 atom stereocenters. The van der Waals surface area contributed by atoms with Crippen LogP contribution in [-0.2, 0) is 14.8 Å². The number of para-hydroxylation sites is 2. The van der Waals surface area contributed by atoms with Gasteiger partial charge in [-0.25, -0.2) is 13.1 Å². The molecule has 2 aromatic rings. The molecule has 0 aliphatic carbocycles. The average molecular weight is 295 g/mol. The van der Waals surface area contributed by atoms with Crippen LogP contribution in [0.25, 0.3) is 5.69 Å². The number of carbonyl (C=O) groups is 1. The van der Waals surface area contributed by atoms with E-state index >= 15 is 0 Å². The Labute approximate surface area is 115 Å². The number of hydrogen-bond acceptors (Lipinski definition) is 4. The van der Waals surface area contributed by atoms with Gasteiger partial charge in [0.25, 0.3) is 0 Å². The molecule has 0 saturated carbocycles. The first-order chi connectivity index (χ1) is 9.42. The zero-order valence-electron chi connectivity index (χ0n) is 10.6. The summed E-state index contributed by atoms with van der Waals surface area (Å²) in [6, 6.07) is 8.30. The van der Waals surface area contributed by atoms with Crippen LogP contribution in [0.5, 0.6) is 0 Å². The molecule has 1 unspecified atom stereocenters. The van der Waals surface area contributed by atoms with E-state index in [0.717, 1.165) is 6.92 Å². The Balaban J connectivity index is 2.38. The van der Waals surface area contributed by atoms with E-state index in [-0.39, 0.29) is 5.69 Å². The molecule has 0 spiro atoms. The summed E-state index contributed by atoms with van der Waals surface area (Å²) in [4.78, 5) is 10.8. The van der Waals surface area contributed by atoms with E-state index in [1.54, 1.807) is 42.7 Å². The molecule has 7 nitrogen and oxygen atoms in total. The molecule has 0 saturated heterocycles. The smallest absolute Gasteiger partial charge is 0.323 e. The van der Waals surface area contributed by atoms with Gasteiger partial charge in [0.15, 0.2) is 5.25 Å². The summed E-state index contributed by atoms with van der Waals surface area (Å²) in [6.07, 6.45) is 3.22. The lowest BCUT2D eigenvalue weighted by Gasteiger charge is -2.14. The average Bonchev–Trinajstić information content (AvgIpc) is 2.91. The van der Waals surface area contributed by atoms with Crippen molar-refractivity contribution in [1.29, 1.82) is 0 Å². The summed E-state index contributed by atoms with van der Waals surface area (Å²) < 4.78 is 27.7. The second-order valence-corrected chi connectivity index (χ2v) is 6.10. The van der Waals surface area contributed by atoms with Crippen LogP contribution in [0.15, 0.2) is 42.7 Å². The van der Waals surface area contributed by atoms with Crippen molar-refractivity contribution in [3.8, 4) is 5.69 Å². The molecule has 2 N–H and O–H groups in total. The van der Waals surface area contributed by atoms with Gasteiger partial charge in [0.1, 0.15) is 0 Å². The molecule has 2 rings (SSSR count). The fourth-order valence-corrected chi connectivity index (χ4v) is 2.47. The maximum absolute atomic E-state index is 11.9. The van der Waals surface area contributed by atoms with Gasteiger partial charge >= 0.3 is 5.97 Å². The van der Waals surface area contributed by atoms with E-state index in [4.69, 9.17) is 5.11 Å². The second-order valence-electron chi connectivity index (χ2n) is 4.10. The standard InChI is InChI=1S/C12H13N3O4S/c1-9(12(16)17)20(18,19)14-10-5-2-3-6-11(10)15-8-4-7-13-15/h2-9,14H,1H3,(H,16,17). The maximum atomic E-state index is 11.9. The molecule has 0 fully saturated rings. The van der Waals surface area contributed by atoms with Crippen molar-refractivity contribution in [1.82, 2.24) is 9.78 Å². The third-order valence-electron chi connectivity index (χ3n) is 2.72. The Hall–Kier alpha value is -2.35. The van der Waals surface area contributed by atoms with Crippen molar-refractivity contribution >= 4 is 21.7 Å². The molecular formula is C12H13N3O4S. The van der Waals surface area contributed by atoms with Gasteiger partial charge in [-0.15, -0.1) is 0 Å². The van der Waals surface area contributed by atoms with Gasteiger partial charge in [0.2, 0.25) is 10.0 Å². The molecule has 1 heterocycles. The van der Waals surface area contributed by atoms with Crippen LogP contribution >= 0.6 is 0 Å². The minimum absolute atomic E-state index is 0.268. The van der Waals surface area contributed by atoms with E-state index in [2.05, 4.69) is 9.82 Å². The van der Waals surface area contributed by atoms with Crippen molar-refractivity contribution in [3.63, 3.8) is 0 Å². The van der Waals surface area contributed by atoms with Gasteiger partial charge in [0.05, 0.1) is 11.4 Å². The third kappa shape index (κ3) is 2.80. The predicted octanol–water partition coefficient (Wildman–Crippen LogP) is 1.09. The largest absolute Gasteiger partial charge is 0.480 e. The van der Waals surface area contributed by atoms with Gasteiger partial charge in [0, 0.05) is 12.4 Å². The fraction of sp³-hybridized carbons (Fsp3) is 0.167. The summed E-state index contributed by atoms with van der Waals surface area (Å²) in [5, 5.41) is 11.3. The lowest BCUT2D eigenvalue weighted by Crippen LogP contribution is -2.32. The number of nitrogens with zero attached hydrogens (tertiary/aromatic N) is 2. The zero-order chi connectivity index (χ0) is 14.8. The topological polar surface area (TPSA) is 101 Å². The van der Waals surface area contributed by atoms with Gasteiger partial charge in [-0.05, 0) is 25.1 Å². The molecule has 0 aliphatic rings. The Bertz CT molecular complexity index is 710. The van der Waals surface area contributed by atoms with Crippen LogP contribution in [0.2, 0.25) is 0 Å². The minimum Gasteiger partial charge on any atom is -0.480 e. The summed E-state index contributed by atoms with van der Waals surface area (Å²) in [5.74, 6) is -1.41. The highest BCUT2D eigenvalue weighted by Gasteiger charge is 2.28. The number of rotatable bonds is 5. The van der Waals surface area contributed by atoms with E-state index in [0.29, 0.717) is 5.69 Å². The molecule has 0 amide bonds. The number of carboxylic acids is 1. The van der Waals surface area contributed by atoms with Crippen LogP contribution < -0.4 is 4.72 Å². The molecule has 20 heavy (non-hydrogen) atoms. The number of nitrogens with one attached hydrogen (secondary N) is 1. The first-order valence-corrected chi connectivity index (χ1v) is 7.30. The number of benzene rings is 1. The van der Waals surface area contributed by atoms with Crippen molar-refractivity contribution in [3.05, 3.63) is 42.7 Å². The highest BCUT2D eigenvalue weighted by molar-refractivity contribution is 7.94. The zero-order valence-corrected chi connectivity index (χ0v) is 11.4. The van der Waals surface area contributed by atoms with Gasteiger partial charge in [-0.3, -0.25) is 9.52 Å². The van der Waals surface area contributed by atoms with Crippen LogP contribution in [-0.4, -0.2) is 34.5 Å². The van der Waals surface area contributed by atoms with Gasteiger partial charge in [-0.2, -0.15) is 5.10 Å². The van der Waals surface area contributed by atoms with Gasteiger partial charge in [-0.1, -0.05) is 12.1 Å². The number of sulfonamides is 1. The van der Waals surface area contributed by atoms with Crippen molar-refractivity contribution in [2.45, 2.75) is 12.2 Å². The lowest BCUT2D eigenvalue weighted by atomic mass is 10.3. The second kappa shape index (κ2) is 5.33. The Morgan fingerprint density at radius 2 is 2.05 bits per heavy atom. The third-order valence-corrected chi connectivity index (χ3v) is 4.36. The number of hydrogen-bond donors (Lipinski definition) is 2. The summed E-state index contributed by atoms with van der Waals surface area (Å²) in [6.45, 7) is 1.11. The molecule has 0 aliphatic heterocycles. The predicted molar refractivity (Wildman–Crippen MR) is 73.2 cm³/mol. The number of carboxylic acid groups (broad SMARTS) is 1. The Morgan fingerprint density at radius 3 is 2.65 bits per heavy atom. The number of anilines is 1. The monoisotopic (exact) mass is 295 g/mol. The Kier molecular flexibility index (Phi) is 3.75. The molecule has 0 bridgehead atoms. The van der Waals surface area contributed by atoms with E-state index in [1.165, 1.54) is 4.68 Å². The van der Waals surface area contributed by atoms with Crippen LogP contribution in [0.4, 0.5) is 5.69 Å². The molecule has 0 radical (unpaired) electrons. The summed E-state index contributed by atoms with van der Waals surface area (Å²) >= 11 is 0. The minimum atomic E-state index is -4.02. The van der Waals surface area contributed by atoms with Crippen LogP contribution in [0, 0.1) is 0 Å². The summed E-state index contributed by atoms with van der Waals surface area (Å²) in [5.41, 5.74) is 0.781. The number of aliphatic carboxylic acids is 1. The SMILES string of the molecule is CC(C(=O)O)S(=O)(=O)Nc1ccccc1-n1cccn1. The van der Waals surface area contributed by atoms with Crippen molar-refractivity contribution in [2.24, 2.45) is 0 Å². The highest BCUT2D eigenvalue weighted by Crippen LogP contribution is 2.21. The molecule has 1 aromatic heterocycles.